The molecule has 0 amide bonds. The van der Waals surface area contributed by atoms with Gasteiger partial charge in [0.1, 0.15) is 6.61 Å². The van der Waals surface area contributed by atoms with Crippen LogP contribution in [0.4, 0.5) is 0 Å². The number of ether oxygens (including phenoxy) is 1. The van der Waals surface area contributed by atoms with Gasteiger partial charge >= 0.3 is 0 Å². The second kappa shape index (κ2) is 3.83. The van der Waals surface area contributed by atoms with Crippen molar-refractivity contribution in [3.63, 3.8) is 0 Å². The Morgan fingerprint density at radius 3 is 2.87 bits per heavy atom. The maximum Gasteiger partial charge on any atom is 0.200 e. The molecule has 5 heteroatoms. The molecule has 1 saturated carbocycles. The van der Waals surface area contributed by atoms with Crippen molar-refractivity contribution in [1.29, 1.82) is 0 Å². The highest BCUT2D eigenvalue weighted by Crippen LogP contribution is 2.33. The second-order valence-corrected chi connectivity index (χ2v) is 4.31. The number of rotatable bonds is 4. The lowest BCUT2D eigenvalue weighted by Crippen LogP contribution is -2.34. The molecule has 2 aliphatic rings. The van der Waals surface area contributed by atoms with Gasteiger partial charge in [-0.1, -0.05) is 0 Å². The first kappa shape index (κ1) is 10.4. The summed E-state index contributed by atoms with van der Waals surface area (Å²) in [6.07, 6.45) is 4.13. The van der Waals surface area contributed by atoms with Gasteiger partial charge in [0.25, 0.3) is 0 Å². The first-order valence-electron chi connectivity index (χ1n) is 5.24. The molecule has 15 heavy (non-hydrogen) atoms. The van der Waals surface area contributed by atoms with E-state index in [1.54, 1.807) is 6.20 Å². The minimum absolute atomic E-state index is 0.0453. The van der Waals surface area contributed by atoms with Gasteiger partial charge in [-0.2, -0.15) is 0 Å². The van der Waals surface area contributed by atoms with E-state index in [1.807, 2.05) is 4.90 Å². The minimum atomic E-state index is -0.188. The predicted molar refractivity (Wildman–Crippen MR) is 55.6 cm³/mol. The molecule has 5 nitrogen and oxygen atoms in total. The smallest absolute Gasteiger partial charge is 0.200 e. The van der Waals surface area contributed by atoms with Gasteiger partial charge in [-0.25, -0.2) is 0 Å². The molecule has 0 saturated heterocycles. The van der Waals surface area contributed by atoms with Crippen LogP contribution < -0.4 is 11.5 Å². The summed E-state index contributed by atoms with van der Waals surface area (Å²) in [7, 11) is 0. The van der Waals surface area contributed by atoms with E-state index in [1.165, 1.54) is 0 Å². The zero-order valence-corrected chi connectivity index (χ0v) is 8.74. The highest BCUT2D eigenvalue weighted by Gasteiger charge is 2.39. The van der Waals surface area contributed by atoms with Crippen LogP contribution in [-0.2, 0) is 9.53 Å². The monoisotopic (exact) mass is 211 g/mol. The SMILES string of the molecule is NCN1C=C(OCC2(N)CC2)C(=O)CC1. The molecule has 0 radical (unpaired) electrons. The lowest BCUT2D eigenvalue weighted by atomic mass is 10.2. The van der Waals surface area contributed by atoms with Gasteiger partial charge in [-0.15, -0.1) is 0 Å². The summed E-state index contributed by atoms with van der Waals surface area (Å²) >= 11 is 0. The fourth-order valence-electron chi connectivity index (χ4n) is 1.46. The van der Waals surface area contributed by atoms with Crippen molar-refractivity contribution in [2.75, 3.05) is 19.8 Å². The van der Waals surface area contributed by atoms with Crippen molar-refractivity contribution in [3.05, 3.63) is 12.0 Å². The lowest BCUT2D eigenvalue weighted by Gasteiger charge is -2.24. The number of nitrogens with zero attached hydrogens (tertiary/aromatic N) is 1. The zero-order valence-electron chi connectivity index (χ0n) is 8.74. The average molecular weight is 211 g/mol. The minimum Gasteiger partial charge on any atom is -0.486 e. The third-order valence-corrected chi connectivity index (χ3v) is 2.84. The zero-order chi connectivity index (χ0) is 10.9. The van der Waals surface area contributed by atoms with Crippen LogP contribution in [-0.4, -0.2) is 36.0 Å². The molecular formula is C10H17N3O2. The molecule has 1 aliphatic carbocycles. The van der Waals surface area contributed by atoms with Crippen LogP contribution in [0.25, 0.3) is 0 Å². The summed E-state index contributed by atoms with van der Waals surface area (Å²) in [6, 6.07) is 0. The van der Waals surface area contributed by atoms with Gasteiger partial charge in [-0.3, -0.25) is 4.79 Å². The maximum atomic E-state index is 11.5. The van der Waals surface area contributed by atoms with Crippen LogP contribution in [0.15, 0.2) is 12.0 Å². The Morgan fingerprint density at radius 2 is 2.27 bits per heavy atom. The molecule has 4 N–H and O–H groups in total. The van der Waals surface area contributed by atoms with Crippen LogP contribution in [0.3, 0.4) is 0 Å². The van der Waals surface area contributed by atoms with Gasteiger partial charge < -0.3 is 21.1 Å². The van der Waals surface area contributed by atoms with E-state index in [4.69, 9.17) is 16.2 Å². The Bertz CT molecular complexity index is 297. The largest absolute Gasteiger partial charge is 0.486 e. The summed E-state index contributed by atoms with van der Waals surface area (Å²) in [5.74, 6) is 0.451. The van der Waals surface area contributed by atoms with Crippen molar-refractivity contribution >= 4 is 5.78 Å². The molecule has 0 aromatic heterocycles. The fourth-order valence-corrected chi connectivity index (χ4v) is 1.46. The summed E-state index contributed by atoms with van der Waals surface area (Å²) in [4.78, 5) is 13.4. The predicted octanol–water partition coefficient (Wildman–Crippen LogP) is -0.473. The van der Waals surface area contributed by atoms with E-state index < -0.39 is 0 Å². The van der Waals surface area contributed by atoms with E-state index in [2.05, 4.69) is 0 Å². The third-order valence-electron chi connectivity index (χ3n) is 2.84. The number of ketones is 1. The number of carbonyl (C=O) groups excluding carboxylic acids is 1. The highest BCUT2D eigenvalue weighted by atomic mass is 16.5. The van der Waals surface area contributed by atoms with Crippen molar-refractivity contribution in [2.45, 2.75) is 24.8 Å². The van der Waals surface area contributed by atoms with E-state index in [0.29, 0.717) is 32.0 Å². The molecule has 0 aromatic rings. The van der Waals surface area contributed by atoms with E-state index in [0.717, 1.165) is 12.8 Å². The topological polar surface area (TPSA) is 81.6 Å². The standard InChI is InChI=1S/C10H17N3O2/c11-7-13-4-1-8(14)9(5-13)15-6-10(12)2-3-10/h5H,1-4,6-7,11-12H2. The van der Waals surface area contributed by atoms with Crippen molar-refractivity contribution in [2.24, 2.45) is 11.5 Å². The van der Waals surface area contributed by atoms with Gasteiger partial charge in [0.05, 0.1) is 12.2 Å². The lowest BCUT2D eigenvalue weighted by molar-refractivity contribution is -0.120. The first-order chi connectivity index (χ1) is 7.13. The number of hydrogen-bond acceptors (Lipinski definition) is 5. The second-order valence-electron chi connectivity index (χ2n) is 4.31. The Balaban J connectivity index is 1.92. The summed E-state index contributed by atoms with van der Waals surface area (Å²) in [5.41, 5.74) is 11.2. The van der Waals surface area contributed by atoms with Crippen molar-refractivity contribution in [3.8, 4) is 0 Å². The summed E-state index contributed by atoms with van der Waals surface area (Å²) < 4.78 is 5.44. The Kier molecular flexibility index (Phi) is 2.67. The Morgan fingerprint density at radius 1 is 1.53 bits per heavy atom. The number of nitrogens with two attached hydrogens (primary N) is 2. The van der Waals surface area contributed by atoms with Crippen LogP contribution in [0.1, 0.15) is 19.3 Å². The van der Waals surface area contributed by atoms with Crippen molar-refractivity contribution < 1.29 is 9.53 Å². The van der Waals surface area contributed by atoms with Crippen LogP contribution >= 0.6 is 0 Å². The highest BCUT2D eigenvalue weighted by molar-refractivity contribution is 5.94. The average Bonchev–Trinajstić information content (AvgIpc) is 2.96. The summed E-state index contributed by atoms with van der Waals surface area (Å²) in [5, 5.41) is 0. The molecule has 0 spiro atoms. The molecule has 0 atom stereocenters. The van der Waals surface area contributed by atoms with Gasteiger partial charge in [0, 0.05) is 19.2 Å². The number of hydrogen-bond donors (Lipinski definition) is 2. The van der Waals surface area contributed by atoms with E-state index in [9.17, 15) is 4.79 Å². The van der Waals surface area contributed by atoms with Gasteiger partial charge in [0.2, 0.25) is 5.78 Å². The molecule has 84 valence electrons. The third kappa shape index (κ3) is 2.49. The number of Topliss-reactive ketones (excluding diaryl/α,β-unsaturated/α-hetero) is 1. The van der Waals surface area contributed by atoms with Crippen molar-refractivity contribution in [1.82, 2.24) is 4.90 Å². The Hall–Kier alpha value is -1.07. The van der Waals surface area contributed by atoms with Gasteiger partial charge in [-0.05, 0) is 12.8 Å². The maximum absolute atomic E-state index is 11.5. The van der Waals surface area contributed by atoms with E-state index >= 15 is 0 Å². The van der Waals surface area contributed by atoms with Crippen LogP contribution in [0, 0.1) is 0 Å². The molecule has 1 aliphatic heterocycles. The molecule has 1 heterocycles. The molecular weight excluding hydrogens is 194 g/mol. The number of carbonyl (C=O) groups is 1. The molecule has 0 unspecified atom stereocenters. The molecule has 0 aromatic carbocycles. The summed E-state index contributed by atoms with van der Waals surface area (Å²) in [6.45, 7) is 1.52. The molecule has 1 fully saturated rings. The normalized spacial score (nSPS) is 23.7. The number of allylic oxidation sites excluding steroid dienone is 1. The van der Waals surface area contributed by atoms with Crippen LogP contribution in [0.5, 0.6) is 0 Å². The first-order valence-corrected chi connectivity index (χ1v) is 5.24. The molecule has 0 bridgehead atoms. The fraction of sp³-hybridized carbons (Fsp3) is 0.700. The van der Waals surface area contributed by atoms with Crippen LogP contribution in [0.2, 0.25) is 0 Å². The quantitative estimate of drug-likeness (QED) is 0.657. The molecule has 2 rings (SSSR count). The Labute approximate surface area is 89.0 Å². The van der Waals surface area contributed by atoms with Gasteiger partial charge in [0.15, 0.2) is 5.76 Å². The van der Waals surface area contributed by atoms with E-state index in [-0.39, 0.29) is 11.3 Å².